The molecule has 0 spiro atoms. The molecule has 0 saturated carbocycles. The van der Waals surface area contributed by atoms with Gasteiger partial charge in [-0.25, -0.2) is 0 Å². The number of phenols is 4. The van der Waals surface area contributed by atoms with Gasteiger partial charge in [-0.05, 0) is 184 Å². The maximum absolute atomic E-state index is 14.1. The summed E-state index contributed by atoms with van der Waals surface area (Å²) < 4.78 is 126. The van der Waals surface area contributed by atoms with Crippen LogP contribution in [0.3, 0.4) is 0 Å². The number of carboxylic acids is 4. The molecular weight excluding hydrogens is 2050 g/mol. The van der Waals surface area contributed by atoms with Gasteiger partial charge in [-0.1, -0.05) is 12.1 Å². The van der Waals surface area contributed by atoms with Crippen LogP contribution in [0, 0.1) is 39.9 Å². The summed E-state index contributed by atoms with van der Waals surface area (Å²) in [4.78, 5) is 119. The molecule has 0 aliphatic heterocycles. The van der Waals surface area contributed by atoms with E-state index in [4.69, 9.17) is 99.5 Å². The monoisotopic (exact) mass is 2190 g/mol. The number of phenolic OH excluding ortho intramolecular Hbond substituents is 4. The van der Waals surface area contributed by atoms with E-state index in [-0.39, 0.29) is 350 Å². The van der Waals surface area contributed by atoms with Gasteiger partial charge in [0.25, 0.3) is 0 Å². The Bertz CT molecular complexity index is 4270. The largest absolute Gasteiger partial charge is 3.00 e. The molecule has 0 bridgehead atoms. The maximum Gasteiger partial charge on any atom is 3.00 e. The zero-order valence-electron chi connectivity index (χ0n) is 85.0. The third-order valence-corrected chi connectivity index (χ3v) is 19.1. The first kappa shape index (κ1) is 129. The molecule has 0 unspecified atom stereocenters. The number of ether oxygens (including phenoxy) is 21. The zero-order chi connectivity index (χ0) is 104. The summed E-state index contributed by atoms with van der Waals surface area (Å²) in [5.41, 5.74) is 0.548. The number of aliphatic carboxylic acids is 4. The normalized spacial score (nSPS) is 11.6. The topological polar surface area (TPSA) is 554 Å². The van der Waals surface area contributed by atoms with Crippen molar-refractivity contribution >= 4 is 53.6 Å². The molecule has 0 saturated heterocycles. The summed E-state index contributed by atoms with van der Waals surface area (Å²) in [5, 5.41) is 92.3. The Hall–Kier alpha value is -8.95. The van der Waals surface area contributed by atoms with Crippen LogP contribution in [-0.2, 0) is 137 Å². The number of nitrogens with zero attached hydrogens (tertiary/aromatic N) is 3. The molecular formula is C99H143GdN5NaO38. The number of carbonyl (C=O) groups excluding carboxylic acids is 9. The van der Waals surface area contributed by atoms with Gasteiger partial charge in [-0.15, -0.1) is 0 Å². The molecule has 1 radical (unpaired) electrons. The number of rotatable bonds is 78. The van der Waals surface area contributed by atoms with E-state index in [0.29, 0.717) is 75.1 Å². The van der Waals surface area contributed by atoms with E-state index in [0.717, 1.165) is 9.80 Å². The Morgan fingerprint density at radius 2 is 0.569 bits per heavy atom. The maximum atomic E-state index is 14.1. The van der Waals surface area contributed by atoms with Crippen LogP contribution in [0.15, 0.2) is 78.9 Å². The van der Waals surface area contributed by atoms with Gasteiger partial charge < -0.3 is 170 Å². The predicted molar refractivity (Wildman–Crippen MR) is 501 cm³/mol. The molecule has 144 heavy (non-hydrogen) atoms. The van der Waals surface area contributed by atoms with Crippen molar-refractivity contribution in [1.29, 1.82) is 0 Å². The number of benzene rings is 5. The Morgan fingerprint density at radius 3 is 0.861 bits per heavy atom. The molecule has 2 amide bonds. The summed E-state index contributed by atoms with van der Waals surface area (Å²) in [6.07, 6.45) is -0.966. The SMILES string of the molecule is CC(C)(C)OCCOCCOCCOc1cc(COc2cc(COC(=O)CN(CCN(CCN(CC(=O)[O-])CC(=O)[O-])CC(=O)[O-])CC(=O)[O-])cc(OCc3cc(OCCOCCOCCOC(C)(C)C)c(OC(=O)CCC(=O)NCCc4ccc(O)c(O)c4)c(OCCOCCOCCOC(C)(C)C)c3)c2)cc(OCCOCCOCCOC(C)(C)C)c1OC(=O)CCC(=O)NCCc1ccc(O)c(O)c1.[Gd+3].[Na+]. The van der Waals surface area contributed by atoms with Crippen molar-refractivity contribution in [2.24, 2.45) is 0 Å². The molecule has 5 aromatic rings. The number of nitrogens with one attached hydrogen (secondary N) is 2. The fourth-order valence-corrected chi connectivity index (χ4v) is 12.5. The number of aromatic hydroxyl groups is 4. The van der Waals surface area contributed by atoms with Crippen molar-refractivity contribution in [1.82, 2.24) is 25.3 Å². The van der Waals surface area contributed by atoms with Gasteiger partial charge in [0, 0.05) is 84.4 Å². The Labute approximate surface area is 895 Å². The minimum Gasteiger partial charge on any atom is -0.549 e. The molecule has 5 aromatic carbocycles. The van der Waals surface area contributed by atoms with Crippen molar-refractivity contribution in [3.63, 3.8) is 0 Å². The van der Waals surface area contributed by atoms with Gasteiger partial charge in [-0.2, -0.15) is 0 Å². The van der Waals surface area contributed by atoms with Crippen LogP contribution in [0.2, 0.25) is 0 Å². The first-order valence-electron chi connectivity index (χ1n) is 46.9. The molecule has 0 atom stereocenters. The van der Waals surface area contributed by atoms with E-state index < -0.39 is 106 Å². The zero-order valence-corrected chi connectivity index (χ0v) is 89.3. The van der Waals surface area contributed by atoms with Crippen LogP contribution in [0.5, 0.6) is 69.0 Å². The number of hydrogen-bond donors (Lipinski definition) is 6. The summed E-state index contributed by atoms with van der Waals surface area (Å²) in [6, 6.07) is 19.0. The first-order valence-corrected chi connectivity index (χ1v) is 46.9. The molecule has 801 valence electrons. The van der Waals surface area contributed by atoms with Crippen LogP contribution >= 0.6 is 0 Å². The van der Waals surface area contributed by atoms with Gasteiger partial charge in [0.1, 0.15) is 57.7 Å². The molecule has 0 aliphatic carbocycles. The third-order valence-electron chi connectivity index (χ3n) is 19.1. The number of carboxylic acid groups (broad SMARTS) is 4. The first-order chi connectivity index (χ1) is 67.4. The summed E-state index contributed by atoms with van der Waals surface area (Å²) in [6.45, 7) is 20.1. The van der Waals surface area contributed by atoms with Gasteiger partial charge in [0.2, 0.25) is 23.3 Å². The molecule has 43 nitrogen and oxygen atoms in total. The molecule has 45 heteroatoms. The minimum atomic E-state index is -1.65. The summed E-state index contributed by atoms with van der Waals surface area (Å²) in [5.74, 6) is -12.1. The summed E-state index contributed by atoms with van der Waals surface area (Å²) >= 11 is 0. The fourth-order valence-electron chi connectivity index (χ4n) is 12.5. The van der Waals surface area contributed by atoms with Gasteiger partial charge >= 0.3 is 87.4 Å². The van der Waals surface area contributed by atoms with E-state index in [1.165, 1.54) is 71.6 Å². The van der Waals surface area contributed by atoms with E-state index in [1.807, 2.05) is 83.1 Å². The Kier molecular flexibility index (Phi) is 64.2. The molecule has 0 fully saturated rings. The van der Waals surface area contributed by atoms with E-state index >= 15 is 0 Å². The number of amides is 2. The molecule has 0 aliphatic rings. The van der Waals surface area contributed by atoms with Crippen LogP contribution < -0.4 is 98.5 Å². The smallest absolute Gasteiger partial charge is 0.549 e. The molecule has 0 heterocycles. The standard InChI is InChI=1S/C99H147N5O38.Gd.Na/c1-96(2,3)137-49-41-126-33-29-122-37-45-130-81-57-73(58-82(131-46-38-123-30-34-127-42-50-138-97(4,5)6)94(81)141-91(119)19-17-85(109)100-23-21-70-13-15-77(105)79(107)55-70)67-134-75-53-72(69-136-93(121)66-104(65-90(117)118)28-26-102(62-87(111)112)25-27-103(63-88(113)114)64-89(115)116)54-76(61-75)135-68-74-59-83(132-47-39-124-31-35-128-43-51-139-98(7,8)9)95(84(60-74)133-48-40-125-32-36-129-44-52-140-99(10,11)12)142-92(120)20-18-86(110)101-24-22-71-14-16-78(106)80(108)56-71;;/h13-16,53-61,105-108H,17-52,62-69H2,1-12H3,(H,100,109)(H,101,110)(H,111,112)(H,113,114)(H,115,116)(H,117,118);;/q;+3;+1/p-4. The van der Waals surface area contributed by atoms with Gasteiger partial charge in [0.05, 0.1) is 198 Å². The molecule has 5 rings (SSSR count). The van der Waals surface area contributed by atoms with Gasteiger partial charge in [-0.3, -0.25) is 38.7 Å². The molecule has 6 N–H and O–H groups in total. The van der Waals surface area contributed by atoms with Crippen LogP contribution in [0.25, 0.3) is 0 Å². The Morgan fingerprint density at radius 1 is 0.299 bits per heavy atom. The average Bonchev–Trinajstić information content (AvgIpc) is 0.814. The second-order valence-corrected chi connectivity index (χ2v) is 36.0. The van der Waals surface area contributed by atoms with Crippen molar-refractivity contribution in [2.45, 2.75) is 164 Å². The second kappa shape index (κ2) is 71.6. The summed E-state index contributed by atoms with van der Waals surface area (Å²) in [7, 11) is 0. The number of esters is 3. The minimum absolute atomic E-state index is 0. The van der Waals surface area contributed by atoms with Crippen LogP contribution in [-0.4, -0.2) is 342 Å². The van der Waals surface area contributed by atoms with Gasteiger partial charge in [0.15, 0.2) is 46.0 Å². The van der Waals surface area contributed by atoms with Crippen molar-refractivity contribution < 1.29 is 253 Å². The van der Waals surface area contributed by atoms with E-state index in [2.05, 4.69) is 10.6 Å². The van der Waals surface area contributed by atoms with E-state index in [9.17, 15) is 84.0 Å². The van der Waals surface area contributed by atoms with Crippen LogP contribution in [0.4, 0.5) is 0 Å². The van der Waals surface area contributed by atoms with Crippen molar-refractivity contribution in [2.75, 3.05) is 231 Å². The fraction of sp³-hybridized carbons (Fsp3) is 0.606. The second-order valence-electron chi connectivity index (χ2n) is 36.0. The third kappa shape index (κ3) is 62.9. The quantitative estimate of drug-likeness (QED) is 0.00950. The van der Waals surface area contributed by atoms with Crippen molar-refractivity contribution in [3.8, 4) is 69.0 Å². The molecule has 0 aromatic heterocycles. The van der Waals surface area contributed by atoms with E-state index in [1.54, 1.807) is 12.1 Å². The average molecular weight is 2190 g/mol. The Balaban J connectivity index is 0.0000266. The van der Waals surface area contributed by atoms with Crippen molar-refractivity contribution in [3.05, 3.63) is 107 Å². The number of carbonyl (C=O) groups is 9. The number of hydrogen-bond acceptors (Lipinski definition) is 41. The van der Waals surface area contributed by atoms with Crippen LogP contribution in [0.1, 0.15) is 137 Å². The predicted octanol–water partition coefficient (Wildman–Crippen LogP) is -0.383.